The highest BCUT2D eigenvalue weighted by atomic mass is 16.5. The van der Waals surface area contributed by atoms with Crippen LogP contribution in [0.2, 0.25) is 0 Å². The van der Waals surface area contributed by atoms with E-state index in [9.17, 15) is 4.79 Å². The van der Waals surface area contributed by atoms with Crippen molar-refractivity contribution >= 4 is 11.5 Å². The third-order valence-corrected chi connectivity index (χ3v) is 3.18. The zero-order chi connectivity index (χ0) is 15.8. The van der Waals surface area contributed by atoms with Crippen molar-refractivity contribution < 1.29 is 14.3 Å². The molecule has 0 heterocycles. The quantitative estimate of drug-likeness (QED) is 0.477. The van der Waals surface area contributed by atoms with E-state index in [0.29, 0.717) is 0 Å². The lowest BCUT2D eigenvalue weighted by molar-refractivity contribution is -0.134. The van der Waals surface area contributed by atoms with Gasteiger partial charge < -0.3 is 9.47 Å². The summed E-state index contributed by atoms with van der Waals surface area (Å²) in [6.45, 7) is 0. The molecule has 0 radical (unpaired) electrons. The van der Waals surface area contributed by atoms with Crippen LogP contribution in [0.1, 0.15) is 11.1 Å². The largest absolute Gasteiger partial charge is 0.497 e. The maximum Gasteiger partial charge on any atom is 0.330 e. The molecule has 0 saturated carbocycles. The molecule has 0 aliphatic heterocycles. The van der Waals surface area contributed by atoms with E-state index in [2.05, 4.69) is 4.74 Å². The molecule has 0 spiro atoms. The lowest BCUT2D eigenvalue weighted by Gasteiger charge is -2.08. The second kappa shape index (κ2) is 7.84. The number of hydrogen-bond acceptors (Lipinski definition) is 3. The molecule has 3 nitrogen and oxygen atoms in total. The van der Waals surface area contributed by atoms with E-state index in [1.165, 1.54) is 13.2 Å². The van der Waals surface area contributed by atoms with Gasteiger partial charge in [-0.2, -0.15) is 0 Å². The molecule has 0 aliphatic rings. The Morgan fingerprint density at radius 1 is 0.909 bits per heavy atom. The van der Waals surface area contributed by atoms with Crippen LogP contribution in [0.15, 0.2) is 72.8 Å². The van der Waals surface area contributed by atoms with Crippen molar-refractivity contribution in [3.05, 3.63) is 84.0 Å². The van der Waals surface area contributed by atoms with Crippen LogP contribution in [0.5, 0.6) is 5.75 Å². The lowest BCUT2D eigenvalue weighted by atomic mass is 9.97. The van der Waals surface area contributed by atoms with Gasteiger partial charge in [0.1, 0.15) is 5.75 Å². The summed E-state index contributed by atoms with van der Waals surface area (Å²) in [7, 11) is 3.00. The first-order valence-corrected chi connectivity index (χ1v) is 6.90. The maximum absolute atomic E-state index is 11.2. The zero-order valence-corrected chi connectivity index (χ0v) is 12.7. The Balaban J connectivity index is 2.38. The van der Waals surface area contributed by atoms with Crippen molar-refractivity contribution in [2.24, 2.45) is 0 Å². The van der Waals surface area contributed by atoms with Crippen LogP contribution < -0.4 is 4.74 Å². The highest BCUT2D eigenvalue weighted by Crippen LogP contribution is 2.25. The molecule has 0 amide bonds. The van der Waals surface area contributed by atoms with Crippen molar-refractivity contribution in [3.63, 3.8) is 0 Å². The van der Waals surface area contributed by atoms with Gasteiger partial charge in [-0.1, -0.05) is 54.6 Å². The topological polar surface area (TPSA) is 35.5 Å². The maximum atomic E-state index is 11.2. The Kier molecular flexibility index (Phi) is 5.55. The van der Waals surface area contributed by atoms with Crippen molar-refractivity contribution in [3.8, 4) is 5.75 Å². The summed E-state index contributed by atoms with van der Waals surface area (Å²) in [5.74, 6) is 0.430. The molecule has 2 aromatic rings. The van der Waals surface area contributed by atoms with Crippen LogP contribution >= 0.6 is 0 Å². The standard InChI is InChI=1S/C19H18O3/c1-21-17-13-11-16(12-14-17)18(9-6-10-19(20)22-2)15-7-4-3-5-8-15/h3-14H,1-2H3/b10-6+,18-9+. The molecule has 0 N–H and O–H groups in total. The molecule has 0 atom stereocenters. The molecule has 0 aromatic heterocycles. The molecular weight excluding hydrogens is 276 g/mol. The number of carbonyl (C=O) groups is 1. The first-order valence-electron chi connectivity index (χ1n) is 6.90. The summed E-state index contributed by atoms with van der Waals surface area (Å²) >= 11 is 0. The summed E-state index contributed by atoms with van der Waals surface area (Å²) in [5, 5.41) is 0. The molecule has 112 valence electrons. The van der Waals surface area contributed by atoms with Crippen molar-refractivity contribution in [1.82, 2.24) is 0 Å². The molecule has 2 rings (SSSR count). The van der Waals surface area contributed by atoms with Crippen molar-refractivity contribution in [1.29, 1.82) is 0 Å². The minimum Gasteiger partial charge on any atom is -0.497 e. The second-order valence-corrected chi connectivity index (χ2v) is 4.56. The monoisotopic (exact) mass is 294 g/mol. The summed E-state index contributed by atoms with van der Waals surface area (Å²) in [6, 6.07) is 17.8. The summed E-state index contributed by atoms with van der Waals surface area (Å²) < 4.78 is 9.79. The number of ether oxygens (including phenoxy) is 2. The van der Waals surface area contributed by atoms with Gasteiger partial charge in [0, 0.05) is 6.08 Å². The van der Waals surface area contributed by atoms with E-state index in [0.717, 1.165) is 22.4 Å². The summed E-state index contributed by atoms with van der Waals surface area (Å²) in [4.78, 5) is 11.2. The minimum absolute atomic E-state index is 0.376. The van der Waals surface area contributed by atoms with Gasteiger partial charge in [0.2, 0.25) is 0 Å². The molecule has 2 aromatic carbocycles. The van der Waals surface area contributed by atoms with Crippen molar-refractivity contribution in [2.75, 3.05) is 14.2 Å². The number of hydrogen-bond donors (Lipinski definition) is 0. The average Bonchev–Trinajstić information content (AvgIpc) is 2.59. The van der Waals surface area contributed by atoms with Gasteiger partial charge in [-0.05, 0) is 28.8 Å². The molecule has 0 fully saturated rings. The van der Waals surface area contributed by atoms with Crippen LogP contribution in [0.3, 0.4) is 0 Å². The van der Waals surface area contributed by atoms with Gasteiger partial charge in [-0.25, -0.2) is 4.79 Å². The third-order valence-electron chi connectivity index (χ3n) is 3.18. The third kappa shape index (κ3) is 4.09. The number of allylic oxidation sites excluding steroid dienone is 2. The van der Waals surface area contributed by atoms with Gasteiger partial charge in [-0.15, -0.1) is 0 Å². The van der Waals surface area contributed by atoms with Crippen molar-refractivity contribution in [2.45, 2.75) is 0 Å². The molecule has 3 heteroatoms. The first-order chi connectivity index (χ1) is 10.7. The van der Waals surface area contributed by atoms with Gasteiger partial charge >= 0.3 is 5.97 Å². The summed E-state index contributed by atoms with van der Waals surface area (Å²) in [6.07, 6.45) is 4.99. The fourth-order valence-electron chi connectivity index (χ4n) is 2.04. The van der Waals surface area contributed by atoms with Gasteiger partial charge in [-0.3, -0.25) is 0 Å². The SMILES string of the molecule is COC(=O)/C=C/C=C(\c1ccccc1)c1ccc(OC)cc1. The predicted molar refractivity (Wildman–Crippen MR) is 87.7 cm³/mol. The second-order valence-electron chi connectivity index (χ2n) is 4.56. The van der Waals surface area contributed by atoms with E-state index < -0.39 is 0 Å². The fraction of sp³-hybridized carbons (Fsp3) is 0.105. The number of benzene rings is 2. The number of rotatable bonds is 5. The van der Waals surface area contributed by atoms with E-state index in [4.69, 9.17) is 4.74 Å². The van der Waals surface area contributed by atoms with Crippen LogP contribution in [0.25, 0.3) is 5.57 Å². The van der Waals surface area contributed by atoms with Gasteiger partial charge in [0.15, 0.2) is 0 Å². The van der Waals surface area contributed by atoms with Crippen LogP contribution in [-0.2, 0) is 9.53 Å². The van der Waals surface area contributed by atoms with Crippen LogP contribution in [-0.4, -0.2) is 20.2 Å². The highest BCUT2D eigenvalue weighted by molar-refractivity contribution is 5.85. The Hall–Kier alpha value is -2.81. The molecular formula is C19H18O3. The highest BCUT2D eigenvalue weighted by Gasteiger charge is 2.04. The Morgan fingerprint density at radius 3 is 2.14 bits per heavy atom. The number of methoxy groups -OCH3 is 2. The normalized spacial score (nSPS) is 11.5. The summed E-state index contributed by atoms with van der Waals surface area (Å²) in [5.41, 5.74) is 3.13. The van der Waals surface area contributed by atoms with Gasteiger partial charge in [0.25, 0.3) is 0 Å². The molecule has 0 unspecified atom stereocenters. The van der Waals surface area contributed by atoms with E-state index in [1.54, 1.807) is 13.2 Å². The first kappa shape index (κ1) is 15.6. The van der Waals surface area contributed by atoms with E-state index in [-0.39, 0.29) is 5.97 Å². The Morgan fingerprint density at radius 2 is 1.55 bits per heavy atom. The molecule has 22 heavy (non-hydrogen) atoms. The molecule has 0 saturated heterocycles. The molecule has 0 bridgehead atoms. The van der Waals surface area contributed by atoms with Gasteiger partial charge in [0.05, 0.1) is 14.2 Å². The smallest absolute Gasteiger partial charge is 0.330 e. The van der Waals surface area contributed by atoms with E-state index in [1.807, 2.05) is 60.7 Å². The zero-order valence-electron chi connectivity index (χ0n) is 12.7. The van der Waals surface area contributed by atoms with Crippen LogP contribution in [0, 0.1) is 0 Å². The lowest BCUT2D eigenvalue weighted by Crippen LogP contribution is -1.93. The van der Waals surface area contributed by atoms with Crippen LogP contribution in [0.4, 0.5) is 0 Å². The van der Waals surface area contributed by atoms with E-state index >= 15 is 0 Å². The number of esters is 1. The fourth-order valence-corrected chi connectivity index (χ4v) is 2.04. The molecule has 0 aliphatic carbocycles. The average molecular weight is 294 g/mol. The number of carbonyl (C=O) groups excluding carboxylic acids is 1. The Labute approximate surface area is 130 Å². The minimum atomic E-state index is -0.376. The predicted octanol–water partition coefficient (Wildman–Crippen LogP) is 3.86. The Bertz CT molecular complexity index is 668.